The molecule has 0 unspecified atom stereocenters. The highest BCUT2D eigenvalue weighted by molar-refractivity contribution is 7.99. The van der Waals surface area contributed by atoms with Gasteiger partial charge in [-0.25, -0.2) is 0 Å². The van der Waals surface area contributed by atoms with Gasteiger partial charge in [0.25, 0.3) is 11.4 Å². The van der Waals surface area contributed by atoms with Crippen molar-refractivity contribution in [3.63, 3.8) is 0 Å². The van der Waals surface area contributed by atoms with Gasteiger partial charge in [0.2, 0.25) is 11.4 Å². The normalized spacial score (nSPS) is 20.5. The molecule has 0 fully saturated rings. The van der Waals surface area contributed by atoms with Gasteiger partial charge >= 0.3 is 0 Å². The molecule has 4 aliphatic rings. The molecule has 8 rings (SSSR count). The monoisotopic (exact) mass is 657 g/mol. The summed E-state index contributed by atoms with van der Waals surface area (Å²) in [6.07, 6.45) is 8.61. The van der Waals surface area contributed by atoms with Crippen LogP contribution < -0.4 is 0 Å². The molecule has 2 aliphatic carbocycles. The summed E-state index contributed by atoms with van der Waals surface area (Å²) in [4.78, 5) is 5.57. The number of nitrogens with one attached hydrogen (secondary N) is 1. The number of hydrogen-bond acceptors (Lipinski definition) is 3. The summed E-state index contributed by atoms with van der Waals surface area (Å²) in [5, 5.41) is 21.8. The van der Waals surface area contributed by atoms with E-state index in [1.54, 1.807) is 11.8 Å². The van der Waals surface area contributed by atoms with Crippen molar-refractivity contribution in [2.45, 2.75) is 78.0 Å². The Morgan fingerprint density at radius 3 is 1.69 bits per heavy atom. The predicted molar refractivity (Wildman–Crippen MR) is 197 cm³/mol. The molecule has 3 heterocycles. The standard InChI is InChI=1S/C22H24NOS.C20H23N2O/c1-21(2)13-18-17-11-10-16(25-15-8-6-5-7-9-15)12-19(17)23(24)20(18)22(3,4)14-21;1-19(2)11-15-14-8-7-13(16-6-5-9-21-16)10-17(14)22(23)18(15)20(3,4)12-19/h5-13,24H,14H2,1-4H3;5-11,21,23H,12H2,1-4H3/q2*+1. The molecule has 0 saturated heterocycles. The maximum Gasteiger partial charge on any atom is 0.266 e. The van der Waals surface area contributed by atoms with Gasteiger partial charge in [-0.2, -0.15) is 0 Å². The molecule has 5 nitrogen and oxygen atoms in total. The van der Waals surface area contributed by atoms with Crippen molar-refractivity contribution < 1.29 is 19.9 Å². The second-order valence-corrected chi connectivity index (χ2v) is 17.6. The van der Waals surface area contributed by atoms with E-state index in [0.717, 1.165) is 62.9 Å². The zero-order valence-electron chi connectivity index (χ0n) is 29.3. The van der Waals surface area contributed by atoms with Crippen molar-refractivity contribution in [2.75, 3.05) is 0 Å². The van der Waals surface area contributed by atoms with E-state index in [2.05, 4.69) is 121 Å². The highest BCUT2D eigenvalue weighted by Crippen LogP contribution is 2.52. The van der Waals surface area contributed by atoms with E-state index in [4.69, 9.17) is 0 Å². The smallest absolute Gasteiger partial charge is 0.266 e. The van der Waals surface area contributed by atoms with Gasteiger partial charge in [0.1, 0.15) is 0 Å². The van der Waals surface area contributed by atoms with Gasteiger partial charge in [0.05, 0.1) is 33.1 Å². The molecule has 4 aromatic rings. The van der Waals surface area contributed by atoms with Crippen molar-refractivity contribution >= 4 is 45.7 Å². The molecular formula is C42H47N3O2S+2. The van der Waals surface area contributed by atoms with Gasteiger partial charge in [-0.15, -0.1) is 0 Å². The largest absolute Gasteiger partial charge is 0.361 e. The Balaban J connectivity index is 0.000000152. The van der Waals surface area contributed by atoms with E-state index in [9.17, 15) is 10.4 Å². The molecule has 0 saturated carbocycles. The molecule has 0 spiro atoms. The van der Waals surface area contributed by atoms with Gasteiger partial charge in [-0.05, 0) is 93.8 Å². The first-order chi connectivity index (χ1) is 22.6. The summed E-state index contributed by atoms with van der Waals surface area (Å²) in [5.74, 6) is 0. The predicted octanol–water partition coefficient (Wildman–Crippen LogP) is 11.2. The summed E-state index contributed by atoms with van der Waals surface area (Å²) in [6.45, 7) is 18.0. The fourth-order valence-electron chi connectivity index (χ4n) is 8.86. The molecule has 0 atom stereocenters. The average molecular weight is 658 g/mol. The fraction of sp³-hybridized carbons (Fsp3) is 0.333. The Bertz CT molecular complexity index is 2060. The lowest BCUT2D eigenvalue weighted by Gasteiger charge is -2.35. The molecule has 48 heavy (non-hydrogen) atoms. The van der Waals surface area contributed by atoms with Crippen LogP contribution in [0.2, 0.25) is 0 Å². The summed E-state index contributed by atoms with van der Waals surface area (Å²) in [7, 11) is 0. The van der Waals surface area contributed by atoms with Crippen molar-refractivity contribution in [3.8, 4) is 11.3 Å². The second-order valence-electron chi connectivity index (χ2n) is 16.4. The van der Waals surface area contributed by atoms with Gasteiger partial charge in [-0.3, -0.25) is 10.4 Å². The molecule has 1 aromatic heterocycles. The summed E-state index contributed by atoms with van der Waals surface area (Å²) < 4.78 is 2.83. The van der Waals surface area contributed by atoms with E-state index in [1.807, 2.05) is 36.5 Å². The van der Waals surface area contributed by atoms with Crippen LogP contribution >= 0.6 is 11.8 Å². The molecule has 0 amide bonds. The van der Waals surface area contributed by atoms with Crippen LogP contribution in [0, 0.1) is 21.7 Å². The highest BCUT2D eigenvalue weighted by atomic mass is 32.2. The van der Waals surface area contributed by atoms with Crippen LogP contribution in [0.15, 0.2) is 107 Å². The van der Waals surface area contributed by atoms with Crippen LogP contribution in [-0.2, 0) is 0 Å². The topological polar surface area (TPSA) is 62.3 Å². The quantitative estimate of drug-likeness (QED) is 0.152. The summed E-state index contributed by atoms with van der Waals surface area (Å²) >= 11 is 1.72. The van der Waals surface area contributed by atoms with Crippen LogP contribution in [-0.4, -0.2) is 36.3 Å². The Morgan fingerprint density at radius 2 is 1.15 bits per heavy atom. The van der Waals surface area contributed by atoms with Crippen molar-refractivity contribution in [1.29, 1.82) is 0 Å². The molecule has 2 aliphatic heterocycles. The lowest BCUT2D eigenvalue weighted by molar-refractivity contribution is -0.712. The molecule has 3 N–H and O–H groups in total. The third-order valence-corrected chi connectivity index (χ3v) is 11.0. The molecule has 246 valence electrons. The fourth-order valence-corrected chi connectivity index (χ4v) is 9.73. The van der Waals surface area contributed by atoms with Crippen molar-refractivity contribution in [1.82, 2.24) is 4.98 Å². The number of H-pyrrole nitrogens is 1. The lowest BCUT2D eigenvalue weighted by atomic mass is 9.65. The molecule has 0 radical (unpaired) electrons. The highest BCUT2D eigenvalue weighted by Gasteiger charge is 2.52. The first-order valence-corrected chi connectivity index (χ1v) is 17.7. The third-order valence-electron chi connectivity index (χ3n) is 9.97. The molecule has 0 bridgehead atoms. The van der Waals surface area contributed by atoms with E-state index < -0.39 is 0 Å². The SMILES string of the molecule is CC1(C)C=C2C(=[N+](O)c3cc(-c4ccc[nH]4)ccc32)C(C)(C)C1.CC1(C)C=C2C(=[N+](O)c3cc(Sc4ccccc4)ccc32)C(C)(C)C1. The molecule has 3 aromatic carbocycles. The van der Waals surface area contributed by atoms with E-state index in [1.165, 1.54) is 25.5 Å². The minimum absolute atomic E-state index is 0.0614. The van der Waals surface area contributed by atoms with Crippen LogP contribution in [0.3, 0.4) is 0 Å². The number of nitrogens with zero attached hydrogens (tertiary/aromatic N) is 2. The van der Waals surface area contributed by atoms with E-state index in [0.29, 0.717) is 0 Å². The van der Waals surface area contributed by atoms with Gasteiger partial charge in [-0.1, -0.05) is 75.9 Å². The second kappa shape index (κ2) is 11.1. The number of benzene rings is 3. The Hall–Kier alpha value is -4.29. The number of hydrogen-bond donors (Lipinski definition) is 3. The molecule has 6 heteroatoms. The minimum Gasteiger partial charge on any atom is -0.361 e. The van der Waals surface area contributed by atoms with Crippen molar-refractivity contribution in [3.05, 3.63) is 108 Å². The van der Waals surface area contributed by atoms with Gasteiger partial charge in [0.15, 0.2) is 0 Å². The summed E-state index contributed by atoms with van der Waals surface area (Å²) in [6, 6.07) is 27.1. The molecular weight excluding hydrogens is 611 g/mol. The Morgan fingerprint density at radius 1 is 0.604 bits per heavy atom. The van der Waals surface area contributed by atoms with Crippen LogP contribution in [0.25, 0.3) is 22.4 Å². The number of allylic oxidation sites excluding steroid dienone is 4. The van der Waals surface area contributed by atoms with Crippen molar-refractivity contribution in [2.24, 2.45) is 21.7 Å². The maximum absolute atomic E-state index is 10.9. The number of aromatic nitrogens is 1. The van der Waals surface area contributed by atoms with E-state index in [-0.39, 0.29) is 21.7 Å². The van der Waals surface area contributed by atoms with Gasteiger partial charge < -0.3 is 4.98 Å². The Kier molecular flexibility index (Phi) is 7.48. The lowest BCUT2D eigenvalue weighted by Crippen LogP contribution is -2.37. The van der Waals surface area contributed by atoms with Crippen LogP contribution in [0.5, 0.6) is 0 Å². The zero-order valence-corrected chi connectivity index (χ0v) is 30.2. The van der Waals surface area contributed by atoms with Crippen LogP contribution in [0.1, 0.15) is 79.4 Å². The zero-order chi connectivity index (χ0) is 34.2. The third kappa shape index (κ3) is 5.64. The number of fused-ring (bicyclic) bond motifs is 6. The van der Waals surface area contributed by atoms with E-state index >= 15 is 0 Å². The Labute approximate surface area is 289 Å². The number of aromatic amines is 1. The minimum atomic E-state index is -0.0616. The maximum atomic E-state index is 10.9. The van der Waals surface area contributed by atoms with Crippen LogP contribution in [0.4, 0.5) is 11.4 Å². The first-order valence-electron chi connectivity index (χ1n) is 16.9. The summed E-state index contributed by atoms with van der Waals surface area (Å²) in [5.41, 5.74) is 10.7. The number of rotatable bonds is 3. The first kappa shape index (κ1) is 32.3. The average Bonchev–Trinajstić information content (AvgIpc) is 3.69. The van der Waals surface area contributed by atoms with Gasteiger partial charge in [0, 0.05) is 48.9 Å².